The maximum absolute atomic E-state index is 13.1. The number of rotatable bonds is 6. The fraction of sp³-hybridized carbons (Fsp3) is 0.308. The number of anilines is 1. The molecule has 5 nitrogen and oxygen atoms in total. The SMILES string of the molecule is COc1ccc(CC(=O)Nc2sc3c(c2-c2nc4ccccc4s2)CCC(C)C3)cc1OC. The van der Waals surface area contributed by atoms with Crippen molar-refractivity contribution in [1.82, 2.24) is 4.98 Å². The van der Waals surface area contributed by atoms with E-state index in [-0.39, 0.29) is 12.3 Å². The minimum Gasteiger partial charge on any atom is -0.493 e. The molecule has 1 atom stereocenters. The zero-order chi connectivity index (χ0) is 22.9. The summed E-state index contributed by atoms with van der Waals surface area (Å²) in [5.41, 5.74) is 4.35. The summed E-state index contributed by atoms with van der Waals surface area (Å²) in [6, 6.07) is 13.8. The molecule has 0 radical (unpaired) electrons. The van der Waals surface area contributed by atoms with Crippen LogP contribution < -0.4 is 14.8 Å². The van der Waals surface area contributed by atoms with Gasteiger partial charge in [-0.1, -0.05) is 25.1 Å². The normalized spacial score (nSPS) is 15.3. The van der Waals surface area contributed by atoms with Crippen molar-refractivity contribution in [2.45, 2.75) is 32.6 Å². The second-order valence-corrected chi connectivity index (χ2v) is 10.6. The van der Waals surface area contributed by atoms with Gasteiger partial charge in [0.05, 0.1) is 30.9 Å². The van der Waals surface area contributed by atoms with Crippen LogP contribution in [0.4, 0.5) is 5.00 Å². The van der Waals surface area contributed by atoms with Gasteiger partial charge in [0.2, 0.25) is 5.91 Å². The number of ether oxygens (including phenoxy) is 2. The number of fused-ring (bicyclic) bond motifs is 2. The number of carbonyl (C=O) groups excluding carboxylic acids is 1. The molecule has 7 heteroatoms. The number of hydrogen-bond donors (Lipinski definition) is 1. The highest BCUT2D eigenvalue weighted by atomic mass is 32.1. The minimum atomic E-state index is -0.0452. The lowest BCUT2D eigenvalue weighted by Crippen LogP contribution is -2.14. The molecule has 1 amide bonds. The molecule has 0 saturated carbocycles. The smallest absolute Gasteiger partial charge is 0.229 e. The summed E-state index contributed by atoms with van der Waals surface area (Å²) in [6.45, 7) is 2.30. The first-order valence-corrected chi connectivity index (χ1v) is 12.7. The van der Waals surface area contributed by atoms with E-state index in [0.29, 0.717) is 17.4 Å². The molecule has 0 saturated heterocycles. The van der Waals surface area contributed by atoms with E-state index in [1.807, 2.05) is 36.4 Å². The van der Waals surface area contributed by atoms with Crippen molar-refractivity contribution in [2.24, 2.45) is 5.92 Å². The third kappa shape index (κ3) is 4.35. The monoisotopic (exact) mass is 478 g/mol. The van der Waals surface area contributed by atoms with Crippen LogP contribution in [0.15, 0.2) is 42.5 Å². The lowest BCUT2D eigenvalue weighted by molar-refractivity contribution is -0.115. The van der Waals surface area contributed by atoms with Gasteiger partial charge in [0.15, 0.2) is 11.5 Å². The van der Waals surface area contributed by atoms with E-state index >= 15 is 0 Å². The van der Waals surface area contributed by atoms with Crippen LogP contribution in [-0.2, 0) is 24.1 Å². The average Bonchev–Trinajstić information content (AvgIpc) is 3.38. The Labute approximate surface area is 201 Å². The summed E-state index contributed by atoms with van der Waals surface area (Å²) in [6.07, 6.45) is 3.52. The lowest BCUT2D eigenvalue weighted by atomic mass is 9.88. The molecule has 5 rings (SSSR count). The molecule has 2 heterocycles. The quantitative estimate of drug-likeness (QED) is 0.351. The van der Waals surface area contributed by atoms with Gasteiger partial charge in [-0.3, -0.25) is 4.79 Å². The van der Waals surface area contributed by atoms with Crippen LogP contribution in [0, 0.1) is 5.92 Å². The summed E-state index contributed by atoms with van der Waals surface area (Å²) in [4.78, 5) is 19.4. The van der Waals surface area contributed by atoms with Crippen LogP contribution in [0.3, 0.4) is 0 Å². The number of hydrogen-bond acceptors (Lipinski definition) is 6. The van der Waals surface area contributed by atoms with Crippen molar-refractivity contribution in [3.05, 3.63) is 58.5 Å². The number of aromatic nitrogens is 1. The Morgan fingerprint density at radius 1 is 1.12 bits per heavy atom. The lowest BCUT2D eigenvalue weighted by Gasteiger charge is -2.18. The molecule has 0 bridgehead atoms. The third-order valence-electron chi connectivity index (χ3n) is 6.09. The summed E-state index contributed by atoms with van der Waals surface area (Å²) in [5.74, 6) is 1.89. The predicted octanol–water partition coefficient (Wildman–Crippen LogP) is 6.35. The van der Waals surface area contributed by atoms with Crippen LogP contribution in [0.25, 0.3) is 20.8 Å². The number of nitrogens with zero attached hydrogens (tertiary/aromatic N) is 1. The molecule has 0 aliphatic heterocycles. The molecule has 2 aromatic heterocycles. The molecule has 0 fully saturated rings. The average molecular weight is 479 g/mol. The Morgan fingerprint density at radius 2 is 1.94 bits per heavy atom. The summed E-state index contributed by atoms with van der Waals surface area (Å²) in [7, 11) is 3.20. The third-order valence-corrected chi connectivity index (χ3v) is 8.31. The van der Waals surface area contributed by atoms with Crippen LogP contribution in [0.5, 0.6) is 11.5 Å². The first kappa shape index (κ1) is 21.9. The van der Waals surface area contributed by atoms with E-state index in [9.17, 15) is 4.79 Å². The number of methoxy groups -OCH3 is 2. The van der Waals surface area contributed by atoms with Crippen molar-refractivity contribution in [3.63, 3.8) is 0 Å². The molecule has 4 aromatic rings. The molecule has 170 valence electrons. The van der Waals surface area contributed by atoms with Gasteiger partial charge in [-0.15, -0.1) is 22.7 Å². The van der Waals surface area contributed by atoms with Gasteiger partial charge in [-0.2, -0.15) is 0 Å². The Bertz CT molecular complexity index is 1290. The highest BCUT2D eigenvalue weighted by molar-refractivity contribution is 7.22. The van der Waals surface area contributed by atoms with Gasteiger partial charge in [-0.05, 0) is 60.6 Å². The summed E-state index contributed by atoms with van der Waals surface area (Å²) in [5, 5.41) is 5.12. The van der Waals surface area contributed by atoms with E-state index in [1.165, 1.54) is 21.6 Å². The van der Waals surface area contributed by atoms with Gasteiger partial charge in [0, 0.05) is 10.4 Å². The maximum atomic E-state index is 13.1. The topological polar surface area (TPSA) is 60.5 Å². The van der Waals surface area contributed by atoms with Crippen molar-refractivity contribution in [3.8, 4) is 22.1 Å². The standard InChI is InChI=1S/C26H26N2O3S2/c1-15-8-10-17-22(12-15)33-26(24(17)25-27-18-6-4-5-7-21(18)32-25)28-23(29)14-16-9-11-19(30-2)20(13-16)31-3/h4-7,9,11,13,15H,8,10,12,14H2,1-3H3,(H,28,29). The number of thiophene rings is 1. The zero-order valence-electron chi connectivity index (χ0n) is 18.9. The van der Waals surface area contributed by atoms with Crippen molar-refractivity contribution >= 4 is 43.8 Å². The molecule has 2 aromatic carbocycles. The Hall–Kier alpha value is -2.90. The van der Waals surface area contributed by atoms with Crippen molar-refractivity contribution < 1.29 is 14.3 Å². The number of benzene rings is 2. The Kier molecular flexibility index (Phi) is 6.08. The number of para-hydroxylation sites is 1. The van der Waals surface area contributed by atoms with E-state index in [1.54, 1.807) is 36.9 Å². The second kappa shape index (κ2) is 9.15. The van der Waals surface area contributed by atoms with E-state index in [2.05, 4.69) is 18.3 Å². The predicted molar refractivity (Wildman–Crippen MR) is 136 cm³/mol. The molecule has 1 aliphatic rings. The van der Waals surface area contributed by atoms with Crippen LogP contribution >= 0.6 is 22.7 Å². The van der Waals surface area contributed by atoms with Crippen LogP contribution in [-0.4, -0.2) is 25.1 Å². The molecule has 1 aliphatic carbocycles. The number of amides is 1. The van der Waals surface area contributed by atoms with Gasteiger partial charge in [-0.25, -0.2) is 4.98 Å². The van der Waals surface area contributed by atoms with Crippen molar-refractivity contribution in [1.29, 1.82) is 0 Å². The van der Waals surface area contributed by atoms with Gasteiger partial charge in [0.25, 0.3) is 0 Å². The van der Waals surface area contributed by atoms with Crippen molar-refractivity contribution in [2.75, 3.05) is 19.5 Å². The fourth-order valence-corrected chi connectivity index (χ4v) is 6.93. The van der Waals surface area contributed by atoms with E-state index < -0.39 is 0 Å². The van der Waals surface area contributed by atoms with Gasteiger partial charge >= 0.3 is 0 Å². The first-order valence-electron chi connectivity index (χ1n) is 11.1. The molecular weight excluding hydrogens is 452 g/mol. The Balaban J connectivity index is 1.47. The zero-order valence-corrected chi connectivity index (χ0v) is 20.6. The van der Waals surface area contributed by atoms with Gasteiger partial charge < -0.3 is 14.8 Å². The summed E-state index contributed by atoms with van der Waals surface area (Å²) < 4.78 is 11.9. The van der Waals surface area contributed by atoms with E-state index in [4.69, 9.17) is 14.5 Å². The first-order chi connectivity index (χ1) is 16.1. The van der Waals surface area contributed by atoms with Crippen LogP contribution in [0.1, 0.15) is 29.3 Å². The number of carbonyl (C=O) groups is 1. The maximum Gasteiger partial charge on any atom is 0.229 e. The highest BCUT2D eigenvalue weighted by Gasteiger charge is 2.27. The largest absolute Gasteiger partial charge is 0.493 e. The fourth-order valence-electron chi connectivity index (χ4n) is 4.39. The second-order valence-electron chi connectivity index (χ2n) is 8.46. The molecule has 0 spiro atoms. The van der Waals surface area contributed by atoms with Gasteiger partial charge in [0.1, 0.15) is 10.0 Å². The molecule has 1 unspecified atom stereocenters. The minimum absolute atomic E-state index is 0.0452. The number of nitrogens with one attached hydrogen (secondary N) is 1. The molecule has 33 heavy (non-hydrogen) atoms. The van der Waals surface area contributed by atoms with E-state index in [0.717, 1.165) is 39.5 Å². The number of thiazole rings is 1. The molecular formula is C26H26N2O3S2. The molecule has 1 N–H and O–H groups in total. The Morgan fingerprint density at radius 3 is 2.73 bits per heavy atom. The highest BCUT2D eigenvalue weighted by Crippen LogP contribution is 2.47. The summed E-state index contributed by atoms with van der Waals surface area (Å²) >= 11 is 3.41. The van der Waals surface area contributed by atoms with Crippen LogP contribution in [0.2, 0.25) is 0 Å².